The van der Waals surface area contributed by atoms with Crippen LogP contribution in [0, 0.1) is 5.92 Å². The van der Waals surface area contributed by atoms with Crippen molar-refractivity contribution in [3.63, 3.8) is 0 Å². The summed E-state index contributed by atoms with van der Waals surface area (Å²) in [6.45, 7) is 5.88. The van der Waals surface area contributed by atoms with Crippen LogP contribution in [0.4, 0.5) is 0 Å². The number of likely N-dealkylation sites (tertiary alicyclic amines) is 1. The highest BCUT2D eigenvalue weighted by atomic mass is 16.2. The van der Waals surface area contributed by atoms with Crippen LogP contribution in [0.15, 0.2) is 36.5 Å². The van der Waals surface area contributed by atoms with Crippen molar-refractivity contribution in [2.75, 3.05) is 44.3 Å². The van der Waals surface area contributed by atoms with E-state index >= 15 is 0 Å². The van der Waals surface area contributed by atoms with Gasteiger partial charge in [0.25, 0.3) is 0 Å². The third kappa shape index (κ3) is 3.79. The van der Waals surface area contributed by atoms with Crippen LogP contribution in [0.25, 0.3) is 10.9 Å². The second-order valence-electron chi connectivity index (χ2n) is 7.63. The molecule has 0 spiro atoms. The predicted molar refractivity (Wildman–Crippen MR) is 106 cm³/mol. The van der Waals surface area contributed by atoms with E-state index in [2.05, 4.69) is 45.4 Å². The van der Waals surface area contributed by atoms with Crippen LogP contribution in [0.1, 0.15) is 32.1 Å². The largest absolute Gasteiger partial charge is 0.316 e. The number of piperidine rings is 2. The molecular weight excluding hydrogens is 324 g/mol. The van der Waals surface area contributed by atoms with Crippen molar-refractivity contribution in [3.05, 3.63) is 36.5 Å². The molecular formula is C21H30N4O. The van der Waals surface area contributed by atoms with Crippen molar-refractivity contribution in [2.45, 2.75) is 32.1 Å². The Kier molecular flexibility index (Phi) is 5.56. The smallest absolute Gasteiger partial charge is 0.245 e. The molecule has 1 unspecified atom stereocenters. The highest BCUT2D eigenvalue weighted by molar-refractivity contribution is 5.91. The summed E-state index contributed by atoms with van der Waals surface area (Å²) < 4.78 is 2.08. The molecule has 5 nitrogen and oxygen atoms in total. The fourth-order valence-electron chi connectivity index (χ4n) is 4.30. The molecule has 0 radical (unpaired) electrons. The maximum Gasteiger partial charge on any atom is 0.245 e. The summed E-state index contributed by atoms with van der Waals surface area (Å²) in [4.78, 5) is 15.9. The number of hydrogen-bond donors (Lipinski definition) is 1. The third-order valence-corrected chi connectivity index (χ3v) is 5.82. The molecule has 3 heterocycles. The molecule has 1 amide bonds. The number of hydrogen-bond acceptors (Lipinski definition) is 3. The van der Waals surface area contributed by atoms with E-state index in [9.17, 15) is 4.79 Å². The number of fused-ring (bicyclic) bond motifs is 1. The van der Waals surface area contributed by atoms with E-state index in [4.69, 9.17) is 0 Å². The number of carbonyl (C=O) groups excluding carboxylic acids is 1. The zero-order valence-electron chi connectivity index (χ0n) is 15.6. The van der Waals surface area contributed by atoms with Gasteiger partial charge >= 0.3 is 0 Å². The molecule has 140 valence electrons. The molecule has 4 rings (SSSR count). The predicted octanol–water partition coefficient (Wildman–Crippen LogP) is 2.59. The van der Waals surface area contributed by atoms with E-state index in [-0.39, 0.29) is 11.8 Å². The number of para-hydroxylation sites is 1. The van der Waals surface area contributed by atoms with E-state index in [1.165, 1.54) is 37.7 Å². The normalized spacial score (nSPS) is 21.8. The zero-order chi connectivity index (χ0) is 17.8. The Balaban J connectivity index is 1.56. The molecule has 0 aliphatic carbocycles. The molecule has 1 aromatic heterocycles. The molecule has 0 bridgehead atoms. The Labute approximate surface area is 155 Å². The minimum atomic E-state index is 0.0891. The molecule has 5 heteroatoms. The maximum absolute atomic E-state index is 13.4. The summed E-state index contributed by atoms with van der Waals surface area (Å²) in [5.74, 6) is 0.349. The van der Waals surface area contributed by atoms with Gasteiger partial charge in [0, 0.05) is 24.7 Å². The number of nitrogens with one attached hydrogen (secondary N) is 1. The van der Waals surface area contributed by atoms with E-state index < -0.39 is 0 Å². The van der Waals surface area contributed by atoms with Gasteiger partial charge in [-0.2, -0.15) is 0 Å². The maximum atomic E-state index is 13.4. The first kappa shape index (κ1) is 17.6. The Morgan fingerprint density at radius 1 is 1.12 bits per heavy atom. The van der Waals surface area contributed by atoms with E-state index in [0.29, 0.717) is 0 Å². The standard InChI is InChI=1S/C21H30N4O/c26-21(19-8-6-11-22-17-19)25(16-15-23-12-4-1-5-13-23)24-14-10-18-7-2-3-9-20(18)24/h2-3,7,9-10,14,19,22H,1,4-6,8,11-13,15-17H2. The molecule has 2 aliphatic heterocycles. The summed E-state index contributed by atoms with van der Waals surface area (Å²) in [7, 11) is 0. The Morgan fingerprint density at radius 2 is 1.96 bits per heavy atom. The van der Waals surface area contributed by atoms with Gasteiger partial charge in [0.05, 0.1) is 18.0 Å². The average molecular weight is 354 g/mol. The van der Waals surface area contributed by atoms with Crippen molar-refractivity contribution in [1.82, 2.24) is 14.9 Å². The van der Waals surface area contributed by atoms with Crippen molar-refractivity contribution >= 4 is 16.8 Å². The summed E-state index contributed by atoms with van der Waals surface area (Å²) >= 11 is 0. The minimum Gasteiger partial charge on any atom is -0.316 e. The lowest BCUT2D eigenvalue weighted by molar-refractivity contribution is -0.124. The first-order chi connectivity index (χ1) is 12.8. The highest BCUT2D eigenvalue weighted by Crippen LogP contribution is 2.19. The van der Waals surface area contributed by atoms with E-state index in [1.54, 1.807) is 0 Å². The molecule has 0 saturated carbocycles. The second-order valence-corrected chi connectivity index (χ2v) is 7.63. The van der Waals surface area contributed by atoms with Gasteiger partial charge in [0.1, 0.15) is 0 Å². The molecule has 2 saturated heterocycles. The van der Waals surface area contributed by atoms with Gasteiger partial charge in [0.2, 0.25) is 5.91 Å². The lowest BCUT2D eigenvalue weighted by Crippen LogP contribution is -2.51. The second kappa shape index (κ2) is 8.23. The van der Waals surface area contributed by atoms with Crippen molar-refractivity contribution in [3.8, 4) is 0 Å². The number of carbonyl (C=O) groups is 1. The van der Waals surface area contributed by atoms with Crippen LogP contribution >= 0.6 is 0 Å². The van der Waals surface area contributed by atoms with Crippen molar-refractivity contribution < 1.29 is 4.79 Å². The Morgan fingerprint density at radius 3 is 2.77 bits per heavy atom. The number of benzene rings is 1. The van der Waals surface area contributed by atoms with Crippen LogP contribution < -0.4 is 10.3 Å². The first-order valence-corrected chi connectivity index (χ1v) is 10.1. The van der Waals surface area contributed by atoms with Crippen LogP contribution in [0.5, 0.6) is 0 Å². The first-order valence-electron chi connectivity index (χ1n) is 10.1. The molecule has 1 atom stereocenters. The fraction of sp³-hybridized carbons (Fsp3) is 0.571. The van der Waals surface area contributed by atoms with E-state index in [0.717, 1.165) is 44.5 Å². The number of aromatic nitrogens is 1. The highest BCUT2D eigenvalue weighted by Gasteiger charge is 2.28. The number of rotatable bonds is 5. The fourth-order valence-corrected chi connectivity index (χ4v) is 4.30. The SMILES string of the molecule is O=C(C1CCCNC1)N(CCN1CCCCC1)n1ccc2ccccc21. The topological polar surface area (TPSA) is 40.5 Å². The quantitative estimate of drug-likeness (QED) is 0.897. The van der Waals surface area contributed by atoms with Crippen LogP contribution in [-0.4, -0.2) is 54.8 Å². The Hall–Kier alpha value is -1.85. The number of amides is 1. The summed E-state index contributed by atoms with van der Waals surface area (Å²) in [5, 5.41) is 6.57. The number of nitrogens with zero attached hydrogens (tertiary/aromatic N) is 3. The van der Waals surface area contributed by atoms with Gasteiger partial charge in [-0.25, -0.2) is 5.01 Å². The summed E-state index contributed by atoms with van der Waals surface area (Å²) in [5.41, 5.74) is 1.11. The molecule has 26 heavy (non-hydrogen) atoms. The molecule has 2 aliphatic rings. The van der Waals surface area contributed by atoms with Gasteiger partial charge in [0.15, 0.2) is 0 Å². The molecule has 2 fully saturated rings. The lowest BCUT2D eigenvalue weighted by Gasteiger charge is -2.33. The van der Waals surface area contributed by atoms with Crippen LogP contribution in [0.3, 0.4) is 0 Å². The van der Waals surface area contributed by atoms with Gasteiger partial charge in [-0.05, 0) is 57.5 Å². The molecule has 1 N–H and O–H groups in total. The van der Waals surface area contributed by atoms with Gasteiger partial charge in [-0.1, -0.05) is 24.6 Å². The summed E-state index contributed by atoms with van der Waals surface area (Å²) in [6, 6.07) is 10.4. The third-order valence-electron chi connectivity index (χ3n) is 5.82. The van der Waals surface area contributed by atoms with Crippen molar-refractivity contribution in [1.29, 1.82) is 0 Å². The van der Waals surface area contributed by atoms with Crippen LogP contribution in [0.2, 0.25) is 0 Å². The minimum absolute atomic E-state index is 0.0891. The molecule has 2 aromatic rings. The monoisotopic (exact) mass is 354 g/mol. The Bertz CT molecular complexity index is 728. The zero-order valence-corrected chi connectivity index (χ0v) is 15.6. The van der Waals surface area contributed by atoms with E-state index in [1.807, 2.05) is 11.1 Å². The van der Waals surface area contributed by atoms with Gasteiger partial charge < -0.3 is 10.2 Å². The van der Waals surface area contributed by atoms with Crippen LogP contribution in [-0.2, 0) is 4.79 Å². The average Bonchev–Trinajstić information content (AvgIpc) is 3.13. The lowest BCUT2D eigenvalue weighted by atomic mass is 9.98. The van der Waals surface area contributed by atoms with Gasteiger partial charge in [-0.3, -0.25) is 9.47 Å². The summed E-state index contributed by atoms with van der Waals surface area (Å²) in [6.07, 6.45) is 8.04. The molecule has 1 aromatic carbocycles. The van der Waals surface area contributed by atoms with Crippen molar-refractivity contribution in [2.24, 2.45) is 5.92 Å². The van der Waals surface area contributed by atoms with Gasteiger partial charge in [-0.15, -0.1) is 0 Å².